The number of rotatable bonds is 8. The normalized spacial score (nSPS) is 20.3. The zero-order valence-corrected chi connectivity index (χ0v) is 17.8. The number of hydrogen-bond acceptors (Lipinski definition) is 3. The highest BCUT2D eigenvalue weighted by Gasteiger charge is 2.25. The van der Waals surface area contributed by atoms with Crippen molar-refractivity contribution in [2.75, 3.05) is 53.0 Å². The minimum Gasteiger partial charge on any atom is -0.497 e. The van der Waals surface area contributed by atoms with Gasteiger partial charge in [0.2, 0.25) is 0 Å². The molecular formula is C24H33N3O3+2. The first-order valence-electron chi connectivity index (χ1n) is 11.0. The lowest BCUT2D eigenvalue weighted by Crippen LogP contribution is -3.28. The van der Waals surface area contributed by atoms with Crippen LogP contribution in [-0.2, 0) is 24.2 Å². The maximum atomic E-state index is 12.3. The third kappa shape index (κ3) is 5.52. The Morgan fingerprint density at radius 2 is 1.77 bits per heavy atom. The molecule has 6 nitrogen and oxygen atoms in total. The molecule has 2 aromatic rings. The summed E-state index contributed by atoms with van der Waals surface area (Å²) in [5.74, 6) is 2.07. The molecule has 2 aromatic carbocycles. The summed E-state index contributed by atoms with van der Waals surface area (Å²) in [5.41, 5.74) is 3.95. The van der Waals surface area contributed by atoms with Gasteiger partial charge in [0.05, 0.1) is 13.7 Å². The van der Waals surface area contributed by atoms with Crippen molar-refractivity contribution in [3.63, 3.8) is 0 Å². The fraction of sp³-hybridized carbons (Fsp3) is 0.458. The van der Waals surface area contributed by atoms with Gasteiger partial charge in [0.25, 0.3) is 5.91 Å². The lowest BCUT2D eigenvalue weighted by Gasteiger charge is -2.29. The van der Waals surface area contributed by atoms with Crippen LogP contribution in [0, 0.1) is 0 Å². The summed E-state index contributed by atoms with van der Waals surface area (Å²) in [4.78, 5) is 15.3. The van der Waals surface area contributed by atoms with Crippen LogP contribution in [0.2, 0.25) is 0 Å². The van der Waals surface area contributed by atoms with E-state index in [1.54, 1.807) is 12.0 Å². The van der Waals surface area contributed by atoms with Crippen molar-refractivity contribution >= 4 is 5.91 Å². The van der Waals surface area contributed by atoms with Crippen molar-refractivity contribution in [3.05, 3.63) is 59.2 Å². The SMILES string of the molecule is COc1ccc(CCNC(=O)C[NH+]2CC[NH+](Cc3ccc4c(c3)CCO4)CC2)cc1. The molecule has 160 valence electrons. The number of fused-ring (bicyclic) bond motifs is 1. The van der Waals surface area contributed by atoms with Crippen LogP contribution in [0.5, 0.6) is 11.5 Å². The van der Waals surface area contributed by atoms with E-state index in [4.69, 9.17) is 9.47 Å². The van der Waals surface area contributed by atoms with Crippen molar-refractivity contribution in [2.45, 2.75) is 19.4 Å². The summed E-state index contributed by atoms with van der Waals surface area (Å²) in [6.07, 6.45) is 1.87. The first-order chi connectivity index (χ1) is 14.7. The van der Waals surface area contributed by atoms with Crippen LogP contribution in [0.15, 0.2) is 42.5 Å². The number of nitrogens with one attached hydrogen (secondary N) is 3. The van der Waals surface area contributed by atoms with Crippen LogP contribution < -0.4 is 24.6 Å². The second-order valence-electron chi connectivity index (χ2n) is 8.34. The molecule has 2 aliphatic heterocycles. The lowest BCUT2D eigenvalue weighted by atomic mass is 10.1. The van der Waals surface area contributed by atoms with Crippen LogP contribution in [0.3, 0.4) is 0 Å². The van der Waals surface area contributed by atoms with Crippen LogP contribution in [-0.4, -0.2) is 58.9 Å². The van der Waals surface area contributed by atoms with E-state index in [0.29, 0.717) is 13.1 Å². The average molecular weight is 412 g/mol. The van der Waals surface area contributed by atoms with Gasteiger partial charge in [0.15, 0.2) is 6.54 Å². The maximum Gasteiger partial charge on any atom is 0.275 e. The van der Waals surface area contributed by atoms with Gasteiger partial charge < -0.3 is 24.6 Å². The first-order valence-corrected chi connectivity index (χ1v) is 11.0. The van der Waals surface area contributed by atoms with E-state index in [9.17, 15) is 4.79 Å². The Hall–Kier alpha value is -2.57. The van der Waals surface area contributed by atoms with E-state index in [0.717, 1.165) is 63.7 Å². The van der Waals surface area contributed by atoms with E-state index in [1.807, 2.05) is 24.3 Å². The van der Waals surface area contributed by atoms with Gasteiger partial charge in [-0.1, -0.05) is 12.1 Å². The third-order valence-electron chi connectivity index (χ3n) is 6.18. The van der Waals surface area contributed by atoms with Gasteiger partial charge in [0, 0.05) is 18.5 Å². The molecule has 0 spiro atoms. The third-order valence-corrected chi connectivity index (χ3v) is 6.18. The topological polar surface area (TPSA) is 56.4 Å². The van der Waals surface area contributed by atoms with Crippen LogP contribution >= 0.6 is 0 Å². The summed E-state index contributed by atoms with van der Waals surface area (Å²) in [5, 5.41) is 3.07. The number of amides is 1. The highest BCUT2D eigenvalue weighted by molar-refractivity contribution is 5.76. The number of carbonyl (C=O) groups excluding carboxylic acids is 1. The van der Waals surface area contributed by atoms with Gasteiger partial charge in [-0.2, -0.15) is 0 Å². The molecule has 1 fully saturated rings. The second-order valence-corrected chi connectivity index (χ2v) is 8.34. The van der Waals surface area contributed by atoms with Crippen molar-refractivity contribution in [1.29, 1.82) is 0 Å². The van der Waals surface area contributed by atoms with Crippen LogP contribution in [0.4, 0.5) is 0 Å². The lowest BCUT2D eigenvalue weighted by molar-refractivity contribution is -1.02. The second kappa shape index (κ2) is 9.96. The highest BCUT2D eigenvalue weighted by Crippen LogP contribution is 2.25. The van der Waals surface area contributed by atoms with Gasteiger partial charge in [0.1, 0.15) is 44.2 Å². The number of carbonyl (C=O) groups is 1. The zero-order valence-electron chi connectivity index (χ0n) is 17.8. The average Bonchev–Trinajstić information content (AvgIpc) is 3.23. The number of ether oxygens (including phenoxy) is 2. The largest absolute Gasteiger partial charge is 0.497 e. The number of hydrogen-bond donors (Lipinski definition) is 3. The predicted molar refractivity (Wildman–Crippen MR) is 115 cm³/mol. The molecule has 3 N–H and O–H groups in total. The molecule has 6 heteroatoms. The number of piperazine rings is 1. The molecule has 0 aromatic heterocycles. The van der Waals surface area contributed by atoms with E-state index >= 15 is 0 Å². The smallest absolute Gasteiger partial charge is 0.275 e. The minimum absolute atomic E-state index is 0.153. The molecular weight excluding hydrogens is 378 g/mol. The Balaban J connectivity index is 1.14. The van der Waals surface area contributed by atoms with E-state index in [1.165, 1.54) is 21.6 Å². The van der Waals surface area contributed by atoms with Crippen molar-refractivity contribution < 1.29 is 24.1 Å². The Labute approximate surface area is 178 Å². The Morgan fingerprint density at radius 1 is 1.03 bits per heavy atom. The van der Waals surface area contributed by atoms with Crippen molar-refractivity contribution in [2.24, 2.45) is 0 Å². The molecule has 0 atom stereocenters. The zero-order chi connectivity index (χ0) is 20.8. The van der Waals surface area contributed by atoms with E-state index in [2.05, 4.69) is 23.5 Å². The Morgan fingerprint density at radius 3 is 2.53 bits per heavy atom. The summed E-state index contributed by atoms with van der Waals surface area (Å²) in [6, 6.07) is 14.6. The van der Waals surface area contributed by atoms with Gasteiger partial charge in [-0.25, -0.2) is 0 Å². The van der Waals surface area contributed by atoms with Crippen LogP contribution in [0.1, 0.15) is 16.7 Å². The summed E-state index contributed by atoms with van der Waals surface area (Å²) in [7, 11) is 1.67. The van der Waals surface area contributed by atoms with Gasteiger partial charge >= 0.3 is 0 Å². The van der Waals surface area contributed by atoms with Crippen molar-refractivity contribution in [1.82, 2.24) is 5.32 Å². The fourth-order valence-corrected chi connectivity index (χ4v) is 4.38. The Bertz CT molecular complexity index is 845. The number of methoxy groups -OCH3 is 1. The van der Waals surface area contributed by atoms with Gasteiger partial charge in [-0.3, -0.25) is 4.79 Å². The summed E-state index contributed by atoms with van der Waals surface area (Å²) < 4.78 is 10.8. The van der Waals surface area contributed by atoms with E-state index < -0.39 is 0 Å². The van der Waals surface area contributed by atoms with Gasteiger partial charge in [-0.05, 0) is 47.9 Å². The fourth-order valence-electron chi connectivity index (χ4n) is 4.38. The molecule has 4 rings (SSSR count). The molecule has 0 bridgehead atoms. The summed E-state index contributed by atoms with van der Waals surface area (Å²) in [6.45, 7) is 7.46. The molecule has 1 saturated heterocycles. The molecule has 1 amide bonds. The standard InChI is InChI=1S/C24H31N3O3/c1-29-22-5-2-19(3-6-22)8-10-25-24(28)18-27-13-11-26(12-14-27)17-20-4-7-23-21(16-20)9-15-30-23/h2-7,16H,8-15,17-18H2,1H3,(H,25,28)/p+2. The molecule has 2 aliphatic rings. The number of benzene rings is 2. The first kappa shape index (κ1) is 20.7. The Kier molecular flexibility index (Phi) is 6.87. The molecule has 0 radical (unpaired) electrons. The predicted octanol–water partition coefficient (Wildman–Crippen LogP) is -0.728. The quantitative estimate of drug-likeness (QED) is 0.537. The maximum absolute atomic E-state index is 12.3. The number of quaternary nitrogens is 2. The molecule has 2 heterocycles. The molecule has 0 saturated carbocycles. The van der Waals surface area contributed by atoms with Crippen molar-refractivity contribution in [3.8, 4) is 11.5 Å². The highest BCUT2D eigenvalue weighted by atomic mass is 16.5. The molecule has 30 heavy (non-hydrogen) atoms. The molecule has 0 aliphatic carbocycles. The minimum atomic E-state index is 0.153. The van der Waals surface area contributed by atoms with Gasteiger partial charge in [-0.15, -0.1) is 0 Å². The van der Waals surface area contributed by atoms with Crippen LogP contribution in [0.25, 0.3) is 0 Å². The van der Waals surface area contributed by atoms with E-state index in [-0.39, 0.29) is 5.91 Å². The summed E-state index contributed by atoms with van der Waals surface area (Å²) >= 11 is 0. The molecule has 0 unspecified atom stereocenters. The monoisotopic (exact) mass is 411 g/mol.